The number of carboxylic acids is 1. The van der Waals surface area contributed by atoms with Gasteiger partial charge in [-0.25, -0.2) is 0 Å². The SMILES string of the molecule is CC(C)Oc1ccccc1CC(=O)NC(C)C(=O)O. The zero-order valence-corrected chi connectivity index (χ0v) is 11.3. The van der Waals surface area contributed by atoms with E-state index < -0.39 is 12.0 Å². The van der Waals surface area contributed by atoms with Crippen molar-refractivity contribution in [2.24, 2.45) is 0 Å². The normalized spacial score (nSPS) is 12.0. The zero-order valence-electron chi connectivity index (χ0n) is 11.3. The highest BCUT2D eigenvalue weighted by atomic mass is 16.5. The zero-order chi connectivity index (χ0) is 14.4. The molecule has 5 nitrogen and oxygen atoms in total. The largest absolute Gasteiger partial charge is 0.491 e. The number of nitrogens with one attached hydrogen (secondary N) is 1. The van der Waals surface area contributed by atoms with Crippen LogP contribution in [0, 0.1) is 0 Å². The molecule has 2 N–H and O–H groups in total. The van der Waals surface area contributed by atoms with E-state index in [0.717, 1.165) is 5.56 Å². The van der Waals surface area contributed by atoms with Crippen LogP contribution in [0.25, 0.3) is 0 Å². The minimum absolute atomic E-state index is 0.0159. The molecule has 0 spiro atoms. The molecule has 0 radical (unpaired) electrons. The Labute approximate surface area is 112 Å². The second-order valence-electron chi connectivity index (χ2n) is 4.58. The third-order valence-corrected chi connectivity index (χ3v) is 2.43. The lowest BCUT2D eigenvalue weighted by atomic mass is 10.1. The van der Waals surface area contributed by atoms with Gasteiger partial charge in [0, 0.05) is 5.56 Å². The first-order valence-electron chi connectivity index (χ1n) is 6.17. The smallest absolute Gasteiger partial charge is 0.325 e. The topological polar surface area (TPSA) is 75.6 Å². The quantitative estimate of drug-likeness (QED) is 0.819. The van der Waals surface area contributed by atoms with Gasteiger partial charge in [-0.3, -0.25) is 9.59 Å². The van der Waals surface area contributed by atoms with Gasteiger partial charge >= 0.3 is 5.97 Å². The summed E-state index contributed by atoms with van der Waals surface area (Å²) in [5, 5.41) is 11.1. The number of carbonyl (C=O) groups excluding carboxylic acids is 1. The highest BCUT2D eigenvalue weighted by molar-refractivity contribution is 5.84. The Hall–Kier alpha value is -2.04. The van der Waals surface area contributed by atoms with E-state index in [4.69, 9.17) is 9.84 Å². The van der Waals surface area contributed by atoms with E-state index in [1.165, 1.54) is 6.92 Å². The Morgan fingerprint density at radius 1 is 1.26 bits per heavy atom. The lowest BCUT2D eigenvalue weighted by Gasteiger charge is -2.14. The van der Waals surface area contributed by atoms with Gasteiger partial charge in [0.15, 0.2) is 0 Å². The molecule has 0 saturated carbocycles. The average molecular weight is 265 g/mol. The summed E-state index contributed by atoms with van der Waals surface area (Å²) in [5.41, 5.74) is 0.742. The number of benzene rings is 1. The van der Waals surface area contributed by atoms with Gasteiger partial charge in [0.05, 0.1) is 12.5 Å². The molecule has 0 fully saturated rings. The Morgan fingerprint density at radius 3 is 2.47 bits per heavy atom. The summed E-state index contributed by atoms with van der Waals surface area (Å²) in [6.07, 6.45) is 0.114. The van der Waals surface area contributed by atoms with Crippen molar-refractivity contribution in [3.05, 3.63) is 29.8 Å². The van der Waals surface area contributed by atoms with E-state index in [-0.39, 0.29) is 18.4 Å². The lowest BCUT2D eigenvalue weighted by molar-refractivity contribution is -0.141. The average Bonchev–Trinajstić information content (AvgIpc) is 2.30. The number of ether oxygens (including phenoxy) is 1. The molecule has 0 aliphatic heterocycles. The van der Waals surface area contributed by atoms with E-state index in [0.29, 0.717) is 5.75 Å². The molecular formula is C14H19NO4. The molecule has 0 heterocycles. The van der Waals surface area contributed by atoms with E-state index in [1.54, 1.807) is 12.1 Å². The van der Waals surface area contributed by atoms with E-state index in [2.05, 4.69) is 5.32 Å². The number of amides is 1. The van der Waals surface area contributed by atoms with Gasteiger partial charge in [0.2, 0.25) is 5.91 Å². The molecule has 0 bridgehead atoms. The summed E-state index contributed by atoms with van der Waals surface area (Å²) in [6, 6.07) is 6.34. The number of rotatable bonds is 6. The third-order valence-electron chi connectivity index (χ3n) is 2.43. The van der Waals surface area contributed by atoms with Gasteiger partial charge in [0.25, 0.3) is 0 Å². The van der Waals surface area contributed by atoms with E-state index in [1.807, 2.05) is 26.0 Å². The van der Waals surface area contributed by atoms with Crippen LogP contribution in [-0.4, -0.2) is 29.1 Å². The molecule has 1 unspecified atom stereocenters. The van der Waals surface area contributed by atoms with E-state index >= 15 is 0 Å². The van der Waals surface area contributed by atoms with Crippen molar-refractivity contribution in [2.75, 3.05) is 0 Å². The van der Waals surface area contributed by atoms with Crippen LogP contribution in [0.3, 0.4) is 0 Å². The summed E-state index contributed by atoms with van der Waals surface area (Å²) in [6.45, 7) is 5.24. The molecule has 1 atom stereocenters. The van der Waals surface area contributed by atoms with Crippen LogP contribution in [0.5, 0.6) is 5.75 Å². The summed E-state index contributed by atoms with van der Waals surface area (Å²) in [4.78, 5) is 22.4. The van der Waals surface area contributed by atoms with Crippen molar-refractivity contribution in [3.63, 3.8) is 0 Å². The van der Waals surface area contributed by atoms with Gasteiger partial charge in [-0.15, -0.1) is 0 Å². The lowest BCUT2D eigenvalue weighted by Crippen LogP contribution is -2.39. The first kappa shape index (κ1) is 15.0. The molecule has 1 amide bonds. The summed E-state index contributed by atoms with van der Waals surface area (Å²) >= 11 is 0. The molecule has 1 rings (SSSR count). The first-order valence-corrected chi connectivity index (χ1v) is 6.17. The number of hydrogen-bond donors (Lipinski definition) is 2. The molecule has 0 aromatic heterocycles. The molecule has 0 aliphatic carbocycles. The standard InChI is InChI=1S/C14H19NO4/c1-9(2)19-12-7-5-4-6-11(12)8-13(16)15-10(3)14(17)18/h4-7,9-10H,8H2,1-3H3,(H,15,16)(H,17,18). The monoisotopic (exact) mass is 265 g/mol. The van der Waals surface area contributed by atoms with Crippen molar-refractivity contribution in [1.29, 1.82) is 0 Å². The fourth-order valence-electron chi connectivity index (χ4n) is 1.55. The molecule has 19 heavy (non-hydrogen) atoms. The van der Waals surface area contributed by atoms with Crippen LogP contribution in [0.2, 0.25) is 0 Å². The maximum Gasteiger partial charge on any atom is 0.325 e. The Kier molecular flexibility index (Phi) is 5.36. The van der Waals surface area contributed by atoms with Crippen LogP contribution in [-0.2, 0) is 16.0 Å². The van der Waals surface area contributed by atoms with Gasteiger partial charge < -0.3 is 15.2 Å². The Balaban J connectivity index is 2.71. The van der Waals surface area contributed by atoms with Crippen molar-refractivity contribution in [1.82, 2.24) is 5.32 Å². The summed E-state index contributed by atoms with van der Waals surface area (Å²) < 4.78 is 5.60. The van der Waals surface area contributed by atoms with Crippen molar-refractivity contribution in [3.8, 4) is 5.75 Å². The second-order valence-corrected chi connectivity index (χ2v) is 4.58. The predicted molar refractivity (Wildman–Crippen MR) is 71.2 cm³/mol. The Morgan fingerprint density at radius 2 is 1.89 bits per heavy atom. The van der Waals surface area contributed by atoms with Crippen molar-refractivity contribution >= 4 is 11.9 Å². The number of carboxylic acid groups (broad SMARTS) is 1. The minimum atomic E-state index is -1.06. The van der Waals surface area contributed by atoms with Crippen molar-refractivity contribution < 1.29 is 19.4 Å². The first-order chi connectivity index (χ1) is 8.90. The second kappa shape index (κ2) is 6.78. The van der Waals surface area contributed by atoms with Crippen LogP contribution in [0.15, 0.2) is 24.3 Å². The van der Waals surface area contributed by atoms with Crippen LogP contribution >= 0.6 is 0 Å². The molecule has 5 heteroatoms. The fraction of sp³-hybridized carbons (Fsp3) is 0.429. The Bertz CT molecular complexity index is 457. The maximum absolute atomic E-state index is 11.7. The molecule has 1 aromatic rings. The molecular weight excluding hydrogens is 246 g/mol. The third kappa shape index (κ3) is 4.99. The minimum Gasteiger partial charge on any atom is -0.491 e. The van der Waals surface area contributed by atoms with Gasteiger partial charge in [0.1, 0.15) is 11.8 Å². The summed E-state index contributed by atoms with van der Waals surface area (Å²) in [7, 11) is 0. The number of aliphatic carboxylic acids is 1. The van der Waals surface area contributed by atoms with Gasteiger partial charge in [-0.05, 0) is 26.8 Å². The van der Waals surface area contributed by atoms with Crippen LogP contribution < -0.4 is 10.1 Å². The molecule has 1 aromatic carbocycles. The van der Waals surface area contributed by atoms with Gasteiger partial charge in [-0.1, -0.05) is 18.2 Å². The van der Waals surface area contributed by atoms with Gasteiger partial charge in [-0.2, -0.15) is 0 Å². The van der Waals surface area contributed by atoms with E-state index in [9.17, 15) is 9.59 Å². The molecule has 104 valence electrons. The predicted octanol–water partition coefficient (Wildman–Crippen LogP) is 1.61. The maximum atomic E-state index is 11.7. The van der Waals surface area contributed by atoms with Crippen LogP contribution in [0.1, 0.15) is 26.3 Å². The molecule has 0 aliphatic rings. The molecule has 0 saturated heterocycles. The highest BCUT2D eigenvalue weighted by Crippen LogP contribution is 2.19. The highest BCUT2D eigenvalue weighted by Gasteiger charge is 2.15. The van der Waals surface area contributed by atoms with Crippen molar-refractivity contribution in [2.45, 2.75) is 39.3 Å². The number of carbonyl (C=O) groups is 2. The summed E-state index contributed by atoms with van der Waals surface area (Å²) in [5.74, 6) is -0.745. The van der Waals surface area contributed by atoms with Crippen LogP contribution in [0.4, 0.5) is 0 Å². The number of hydrogen-bond acceptors (Lipinski definition) is 3. The number of para-hydroxylation sites is 1. The fourth-order valence-corrected chi connectivity index (χ4v) is 1.55.